The zero-order chi connectivity index (χ0) is 22.2. The third-order valence-electron chi connectivity index (χ3n) is 5.40. The van der Waals surface area contributed by atoms with Crippen molar-refractivity contribution >= 4 is 16.9 Å². The van der Waals surface area contributed by atoms with Gasteiger partial charge in [-0.15, -0.1) is 0 Å². The molecule has 0 radical (unpaired) electrons. The van der Waals surface area contributed by atoms with Gasteiger partial charge in [0.2, 0.25) is 5.91 Å². The van der Waals surface area contributed by atoms with E-state index < -0.39 is 16.9 Å². The Morgan fingerprint density at radius 2 is 1.61 bits per heavy atom. The normalized spacial score (nSPS) is 12.7. The van der Waals surface area contributed by atoms with Crippen LogP contribution in [-0.4, -0.2) is 28.6 Å². The Labute approximate surface area is 187 Å². The van der Waals surface area contributed by atoms with Crippen LogP contribution >= 0.6 is 0 Å². The molecule has 0 heterocycles. The maximum Gasteiger partial charge on any atom is 0.241 e. The van der Waals surface area contributed by atoms with Crippen molar-refractivity contribution in [2.75, 3.05) is 14.2 Å². The predicted molar refractivity (Wildman–Crippen MR) is 125 cm³/mol. The second-order valence-corrected chi connectivity index (χ2v) is 9.09. The predicted octanol–water partition coefficient (Wildman–Crippen LogP) is 5.29. The molecule has 0 bridgehead atoms. The fourth-order valence-electron chi connectivity index (χ4n) is 3.64. The van der Waals surface area contributed by atoms with Crippen LogP contribution < -0.4 is 4.74 Å². The van der Waals surface area contributed by atoms with E-state index in [9.17, 15) is 9.00 Å². The molecule has 4 nitrogen and oxygen atoms in total. The summed E-state index contributed by atoms with van der Waals surface area (Å²) in [6, 6.07) is 25.3. The molecular formula is C26H29NO3S. The minimum atomic E-state index is -1.57. The molecule has 2 unspecified atom stereocenters. The quantitative estimate of drug-likeness (QED) is 0.459. The molecule has 0 N–H and O–H groups in total. The van der Waals surface area contributed by atoms with Crippen LogP contribution in [-0.2, 0) is 22.2 Å². The van der Waals surface area contributed by atoms with Gasteiger partial charge in [0.1, 0.15) is 5.75 Å². The molecule has 5 heteroatoms. The average Bonchev–Trinajstić information content (AvgIpc) is 2.81. The van der Waals surface area contributed by atoms with E-state index in [4.69, 9.17) is 4.74 Å². The number of hydrogen-bond acceptors (Lipinski definition) is 3. The highest BCUT2D eigenvalue weighted by atomic mass is 32.2. The number of hydrogen-bond donors (Lipinski definition) is 0. The van der Waals surface area contributed by atoms with Crippen LogP contribution in [0.5, 0.6) is 5.75 Å². The van der Waals surface area contributed by atoms with Gasteiger partial charge >= 0.3 is 0 Å². The molecule has 0 saturated heterocycles. The van der Waals surface area contributed by atoms with Crippen LogP contribution in [0, 0.1) is 6.92 Å². The van der Waals surface area contributed by atoms with Crippen molar-refractivity contribution in [3.8, 4) is 5.75 Å². The van der Waals surface area contributed by atoms with Crippen LogP contribution in [0.15, 0.2) is 83.8 Å². The Balaban J connectivity index is 1.82. The lowest BCUT2D eigenvalue weighted by molar-refractivity contribution is -0.127. The summed E-state index contributed by atoms with van der Waals surface area (Å²) in [7, 11) is 1.65. The molecule has 3 aromatic carbocycles. The molecule has 3 aromatic rings. The molecule has 0 spiro atoms. The second kappa shape index (κ2) is 10.9. The average molecular weight is 436 g/mol. The number of amides is 1. The van der Waals surface area contributed by atoms with Gasteiger partial charge in [0.05, 0.1) is 17.9 Å². The van der Waals surface area contributed by atoms with Crippen molar-refractivity contribution in [2.24, 2.45) is 0 Å². The Kier molecular flexibility index (Phi) is 8.01. The first-order valence-corrected chi connectivity index (χ1v) is 11.5. The minimum Gasteiger partial charge on any atom is -0.496 e. The number of benzene rings is 3. The number of aryl methyl sites for hydroxylation is 2. The van der Waals surface area contributed by atoms with Crippen LogP contribution in [0.4, 0.5) is 0 Å². The number of methoxy groups -OCH3 is 1. The molecule has 3 rings (SSSR count). The zero-order valence-electron chi connectivity index (χ0n) is 18.3. The fraction of sp³-hybridized carbons (Fsp3) is 0.269. The third-order valence-corrected chi connectivity index (χ3v) is 6.75. The number of ether oxygens (including phenoxy) is 1. The second-order valence-electron chi connectivity index (χ2n) is 7.57. The summed E-state index contributed by atoms with van der Waals surface area (Å²) in [6.45, 7) is 1.98. The molecule has 0 fully saturated rings. The largest absolute Gasteiger partial charge is 0.496 e. The molecule has 0 aliphatic heterocycles. The van der Waals surface area contributed by atoms with Gasteiger partial charge in [0, 0.05) is 12.6 Å². The van der Waals surface area contributed by atoms with Gasteiger partial charge < -0.3 is 4.74 Å². The molecule has 1 amide bonds. The molecule has 0 aromatic heterocycles. The van der Waals surface area contributed by atoms with Crippen LogP contribution in [0.1, 0.15) is 35.4 Å². The van der Waals surface area contributed by atoms with Gasteiger partial charge in [0.25, 0.3) is 0 Å². The van der Waals surface area contributed by atoms with E-state index in [-0.39, 0.29) is 5.91 Å². The lowest BCUT2D eigenvalue weighted by Crippen LogP contribution is -2.33. The number of para-hydroxylation sites is 1. The highest BCUT2D eigenvalue weighted by molar-refractivity contribution is 7.83. The summed E-state index contributed by atoms with van der Waals surface area (Å²) in [5, 5.41) is 0. The van der Waals surface area contributed by atoms with Crippen molar-refractivity contribution in [2.45, 2.75) is 37.0 Å². The Morgan fingerprint density at radius 3 is 2.29 bits per heavy atom. The lowest BCUT2D eigenvalue weighted by atomic mass is 9.91. The molecular weight excluding hydrogens is 406 g/mol. The van der Waals surface area contributed by atoms with Gasteiger partial charge in [-0.1, -0.05) is 66.2 Å². The monoisotopic (exact) mass is 435 g/mol. The van der Waals surface area contributed by atoms with Crippen LogP contribution in [0.3, 0.4) is 0 Å². The number of carbonyl (C=O) groups is 1. The molecule has 0 aliphatic carbocycles. The van der Waals surface area contributed by atoms with Gasteiger partial charge in [-0.25, -0.2) is 4.21 Å². The number of nitrogens with zero attached hydrogens (tertiary/aromatic N) is 1. The van der Waals surface area contributed by atoms with E-state index in [0.29, 0.717) is 17.1 Å². The number of rotatable bonds is 9. The van der Waals surface area contributed by atoms with Crippen molar-refractivity contribution < 1.29 is 13.7 Å². The molecule has 0 aliphatic rings. The Bertz CT molecular complexity index is 1020. The topological polar surface area (TPSA) is 46.6 Å². The van der Waals surface area contributed by atoms with Gasteiger partial charge in [-0.05, 0) is 49.9 Å². The first-order chi connectivity index (χ1) is 15.0. The number of carbonyl (C=O) groups excluding carboxylic acids is 1. The summed E-state index contributed by atoms with van der Waals surface area (Å²) in [4.78, 5) is 14.1. The summed E-state index contributed by atoms with van der Waals surface area (Å²) in [5.41, 5.74) is 3.16. The maximum atomic E-state index is 13.5. The summed E-state index contributed by atoms with van der Waals surface area (Å²) >= 11 is 0. The Hall–Kier alpha value is -2.92. The maximum absolute atomic E-state index is 13.5. The van der Waals surface area contributed by atoms with Crippen molar-refractivity contribution in [1.82, 2.24) is 4.31 Å². The number of likely N-dealkylation sites (N-methyl/N-ethyl adjacent to an activating group) is 1. The van der Waals surface area contributed by atoms with E-state index in [0.717, 1.165) is 24.0 Å². The molecule has 0 saturated carbocycles. The highest BCUT2D eigenvalue weighted by Crippen LogP contribution is 2.32. The van der Waals surface area contributed by atoms with Crippen molar-refractivity contribution in [1.29, 1.82) is 0 Å². The van der Waals surface area contributed by atoms with Gasteiger partial charge in [-0.3, -0.25) is 9.10 Å². The highest BCUT2D eigenvalue weighted by Gasteiger charge is 2.29. The van der Waals surface area contributed by atoms with Gasteiger partial charge in [0.15, 0.2) is 11.0 Å². The molecule has 2 atom stereocenters. The van der Waals surface area contributed by atoms with E-state index in [1.54, 1.807) is 14.2 Å². The Morgan fingerprint density at radius 1 is 0.968 bits per heavy atom. The van der Waals surface area contributed by atoms with Crippen molar-refractivity contribution in [3.63, 3.8) is 0 Å². The first-order valence-electron chi connectivity index (χ1n) is 10.4. The SMILES string of the molecule is COc1ccccc1C(CCCc1ccccc1)C(=O)N(C)S(=O)c1ccc(C)cc1. The fourth-order valence-corrected chi connectivity index (χ4v) is 4.61. The lowest BCUT2D eigenvalue weighted by Gasteiger charge is -2.24. The summed E-state index contributed by atoms with van der Waals surface area (Å²) in [6.07, 6.45) is 2.36. The first kappa shape index (κ1) is 22.8. The third kappa shape index (κ3) is 5.82. The van der Waals surface area contributed by atoms with Crippen LogP contribution in [0.2, 0.25) is 0 Å². The standard InChI is InChI=1S/C26H29NO3S/c1-20-16-18-22(19-17-20)31(29)27(2)26(28)24(23-13-7-8-15-25(23)30-3)14-9-12-21-10-5-4-6-11-21/h4-8,10-11,13,15-19,24H,9,12,14H2,1-3H3. The molecule has 162 valence electrons. The summed E-state index contributed by atoms with van der Waals surface area (Å²) in [5.74, 6) is 0.0748. The van der Waals surface area contributed by atoms with E-state index in [1.807, 2.05) is 73.7 Å². The van der Waals surface area contributed by atoms with Crippen LogP contribution in [0.25, 0.3) is 0 Å². The smallest absolute Gasteiger partial charge is 0.241 e. The molecule has 31 heavy (non-hydrogen) atoms. The van der Waals surface area contributed by atoms with E-state index in [1.165, 1.54) is 9.87 Å². The van der Waals surface area contributed by atoms with Gasteiger partial charge in [-0.2, -0.15) is 0 Å². The van der Waals surface area contributed by atoms with E-state index >= 15 is 0 Å². The van der Waals surface area contributed by atoms with Crippen molar-refractivity contribution in [3.05, 3.63) is 95.6 Å². The summed E-state index contributed by atoms with van der Waals surface area (Å²) < 4.78 is 20.0. The van der Waals surface area contributed by atoms with E-state index in [2.05, 4.69) is 12.1 Å². The minimum absolute atomic E-state index is 0.170. The zero-order valence-corrected chi connectivity index (χ0v) is 19.1.